The first-order chi connectivity index (χ1) is 9.06. The predicted octanol–water partition coefficient (Wildman–Crippen LogP) is 4.82. The molecule has 2 nitrogen and oxygen atoms in total. The van der Waals surface area contributed by atoms with Crippen molar-refractivity contribution in [2.24, 2.45) is 0 Å². The van der Waals surface area contributed by atoms with Crippen molar-refractivity contribution >= 4 is 38.8 Å². The average Bonchev–Trinajstić information content (AvgIpc) is 2.79. The summed E-state index contributed by atoms with van der Waals surface area (Å²) in [4.78, 5) is 4.64. The van der Waals surface area contributed by atoms with Crippen LogP contribution in [0.5, 0.6) is 0 Å². The zero-order valence-corrected chi connectivity index (χ0v) is 12.3. The summed E-state index contributed by atoms with van der Waals surface area (Å²) >= 11 is 7.78. The Hall–Kier alpha value is -1.58. The van der Waals surface area contributed by atoms with Crippen LogP contribution in [0.3, 0.4) is 0 Å². The number of hydrogen-bond donors (Lipinski definition) is 1. The molecular formula is C15H13ClN2S. The SMILES string of the molecule is Cc1cc(C)c(N)c(-c2nc3cccc(Cl)c3s2)c1. The highest BCUT2D eigenvalue weighted by Gasteiger charge is 2.12. The fraction of sp³-hybridized carbons (Fsp3) is 0.133. The van der Waals surface area contributed by atoms with Crippen LogP contribution >= 0.6 is 22.9 Å². The molecule has 0 fully saturated rings. The molecule has 1 heterocycles. The van der Waals surface area contributed by atoms with Crippen molar-refractivity contribution in [3.05, 3.63) is 46.5 Å². The minimum atomic E-state index is 0.740. The standard InChI is InChI=1S/C15H13ClN2S/c1-8-6-9(2)13(17)10(7-8)15-18-12-5-3-4-11(16)14(12)19-15/h3-7H,17H2,1-2H3. The number of nitrogen functional groups attached to an aromatic ring is 1. The van der Waals surface area contributed by atoms with Gasteiger partial charge in [0.1, 0.15) is 5.01 Å². The number of nitrogens with zero attached hydrogens (tertiary/aromatic N) is 1. The summed E-state index contributed by atoms with van der Waals surface area (Å²) in [6.07, 6.45) is 0. The first-order valence-corrected chi connectivity index (χ1v) is 7.18. The molecule has 1 aromatic heterocycles. The number of benzene rings is 2. The molecule has 0 spiro atoms. The van der Waals surface area contributed by atoms with Gasteiger partial charge in [-0.1, -0.05) is 29.3 Å². The first-order valence-electron chi connectivity index (χ1n) is 5.98. The van der Waals surface area contributed by atoms with Crippen LogP contribution in [-0.2, 0) is 0 Å². The van der Waals surface area contributed by atoms with Crippen LogP contribution in [0.4, 0.5) is 5.69 Å². The van der Waals surface area contributed by atoms with E-state index < -0.39 is 0 Å². The average molecular weight is 289 g/mol. The van der Waals surface area contributed by atoms with Crippen molar-refractivity contribution in [3.8, 4) is 10.6 Å². The van der Waals surface area contributed by atoms with Gasteiger partial charge in [0.25, 0.3) is 0 Å². The largest absolute Gasteiger partial charge is 0.398 e. The number of aryl methyl sites for hydroxylation is 2. The lowest BCUT2D eigenvalue weighted by molar-refractivity contribution is 1.37. The molecule has 2 aromatic carbocycles. The predicted molar refractivity (Wildman–Crippen MR) is 84.0 cm³/mol. The van der Waals surface area contributed by atoms with Crippen molar-refractivity contribution in [2.75, 3.05) is 5.73 Å². The van der Waals surface area contributed by atoms with Gasteiger partial charge in [-0.05, 0) is 37.6 Å². The van der Waals surface area contributed by atoms with Gasteiger partial charge in [-0.3, -0.25) is 0 Å². The van der Waals surface area contributed by atoms with Gasteiger partial charge in [-0.2, -0.15) is 0 Å². The molecular weight excluding hydrogens is 276 g/mol. The van der Waals surface area contributed by atoms with E-state index in [0.717, 1.165) is 37.1 Å². The van der Waals surface area contributed by atoms with Gasteiger partial charge in [0, 0.05) is 11.3 Å². The summed E-state index contributed by atoms with van der Waals surface area (Å²) in [7, 11) is 0. The van der Waals surface area contributed by atoms with E-state index in [9.17, 15) is 0 Å². The van der Waals surface area contributed by atoms with Crippen molar-refractivity contribution in [1.82, 2.24) is 4.98 Å². The lowest BCUT2D eigenvalue weighted by Crippen LogP contribution is -1.94. The molecule has 96 valence electrons. The maximum atomic E-state index is 6.20. The number of hydrogen-bond acceptors (Lipinski definition) is 3. The molecule has 0 radical (unpaired) electrons. The number of halogens is 1. The summed E-state index contributed by atoms with van der Waals surface area (Å²) in [5, 5.41) is 1.66. The molecule has 0 saturated heterocycles. The Morgan fingerprint density at radius 1 is 1.21 bits per heavy atom. The normalized spacial score (nSPS) is 11.1. The highest BCUT2D eigenvalue weighted by molar-refractivity contribution is 7.22. The molecule has 0 unspecified atom stereocenters. The second-order valence-corrected chi connectivity index (χ2v) is 6.06. The van der Waals surface area contributed by atoms with Crippen LogP contribution in [-0.4, -0.2) is 4.98 Å². The summed E-state index contributed by atoms with van der Waals surface area (Å²) in [5.74, 6) is 0. The van der Waals surface area contributed by atoms with Crippen LogP contribution in [0.15, 0.2) is 30.3 Å². The smallest absolute Gasteiger partial charge is 0.126 e. The summed E-state index contributed by atoms with van der Waals surface area (Å²) in [5.41, 5.74) is 11.2. The van der Waals surface area contributed by atoms with E-state index in [1.807, 2.05) is 25.1 Å². The number of nitrogens with two attached hydrogens (primary N) is 1. The topological polar surface area (TPSA) is 38.9 Å². The van der Waals surface area contributed by atoms with Gasteiger partial charge in [0.15, 0.2) is 0 Å². The first kappa shape index (κ1) is 12.5. The highest BCUT2D eigenvalue weighted by atomic mass is 35.5. The Bertz CT molecular complexity index is 777. The maximum Gasteiger partial charge on any atom is 0.126 e. The Morgan fingerprint density at radius 3 is 2.74 bits per heavy atom. The molecule has 0 aliphatic heterocycles. The third-order valence-electron chi connectivity index (χ3n) is 3.13. The summed E-state index contributed by atoms with van der Waals surface area (Å²) in [6.45, 7) is 4.09. The van der Waals surface area contributed by atoms with E-state index in [1.54, 1.807) is 11.3 Å². The Labute approximate surface area is 120 Å². The van der Waals surface area contributed by atoms with Gasteiger partial charge in [0.2, 0.25) is 0 Å². The Morgan fingerprint density at radius 2 is 2.00 bits per heavy atom. The number of rotatable bonds is 1. The van der Waals surface area contributed by atoms with Gasteiger partial charge in [-0.25, -0.2) is 4.98 Å². The molecule has 19 heavy (non-hydrogen) atoms. The lowest BCUT2D eigenvalue weighted by Gasteiger charge is -2.07. The molecule has 0 atom stereocenters. The van der Waals surface area contributed by atoms with Crippen molar-refractivity contribution in [3.63, 3.8) is 0 Å². The van der Waals surface area contributed by atoms with Gasteiger partial charge >= 0.3 is 0 Å². The minimum Gasteiger partial charge on any atom is -0.398 e. The maximum absolute atomic E-state index is 6.20. The van der Waals surface area contributed by atoms with Crippen molar-refractivity contribution in [2.45, 2.75) is 13.8 Å². The fourth-order valence-corrected chi connectivity index (χ4v) is 3.47. The zero-order valence-electron chi connectivity index (χ0n) is 10.7. The fourth-order valence-electron chi connectivity index (χ4n) is 2.19. The van der Waals surface area contributed by atoms with Gasteiger partial charge in [-0.15, -0.1) is 11.3 Å². The molecule has 0 aliphatic rings. The van der Waals surface area contributed by atoms with Crippen LogP contribution in [0, 0.1) is 13.8 Å². The van der Waals surface area contributed by atoms with Crippen LogP contribution in [0.25, 0.3) is 20.8 Å². The number of thiazole rings is 1. The lowest BCUT2D eigenvalue weighted by atomic mass is 10.1. The minimum absolute atomic E-state index is 0.740. The molecule has 4 heteroatoms. The molecule has 3 rings (SSSR count). The van der Waals surface area contributed by atoms with E-state index in [4.69, 9.17) is 17.3 Å². The third-order valence-corrected chi connectivity index (χ3v) is 4.69. The second-order valence-electron chi connectivity index (χ2n) is 4.65. The quantitative estimate of drug-likeness (QED) is 0.652. The summed E-state index contributed by atoms with van der Waals surface area (Å²) in [6, 6.07) is 9.93. The molecule has 2 N–H and O–H groups in total. The summed E-state index contributed by atoms with van der Waals surface area (Å²) < 4.78 is 1.01. The molecule has 0 bridgehead atoms. The number of fused-ring (bicyclic) bond motifs is 1. The third kappa shape index (κ3) is 2.09. The Kier molecular flexibility index (Phi) is 2.96. The monoisotopic (exact) mass is 288 g/mol. The van der Waals surface area contributed by atoms with Gasteiger partial charge in [0.05, 0.1) is 15.2 Å². The van der Waals surface area contributed by atoms with E-state index in [1.165, 1.54) is 5.56 Å². The molecule has 3 aromatic rings. The highest BCUT2D eigenvalue weighted by Crippen LogP contribution is 2.37. The number of aromatic nitrogens is 1. The van der Waals surface area contributed by atoms with Crippen LogP contribution in [0.2, 0.25) is 5.02 Å². The van der Waals surface area contributed by atoms with Crippen LogP contribution in [0.1, 0.15) is 11.1 Å². The van der Waals surface area contributed by atoms with Crippen molar-refractivity contribution in [1.29, 1.82) is 0 Å². The van der Waals surface area contributed by atoms with E-state index >= 15 is 0 Å². The van der Waals surface area contributed by atoms with E-state index in [2.05, 4.69) is 24.0 Å². The molecule has 0 aliphatic carbocycles. The van der Waals surface area contributed by atoms with E-state index in [0.29, 0.717) is 0 Å². The van der Waals surface area contributed by atoms with Gasteiger partial charge < -0.3 is 5.73 Å². The molecule has 0 saturated carbocycles. The van der Waals surface area contributed by atoms with E-state index in [-0.39, 0.29) is 0 Å². The number of anilines is 1. The Balaban J connectivity index is 2.28. The zero-order chi connectivity index (χ0) is 13.6. The second kappa shape index (κ2) is 4.51. The van der Waals surface area contributed by atoms with Crippen molar-refractivity contribution < 1.29 is 0 Å². The molecule has 0 amide bonds. The van der Waals surface area contributed by atoms with Crippen LogP contribution < -0.4 is 5.73 Å².